The molecule has 0 saturated heterocycles. The maximum absolute atomic E-state index is 5.78. The van der Waals surface area contributed by atoms with Gasteiger partial charge >= 0.3 is 79.5 Å². The van der Waals surface area contributed by atoms with Gasteiger partial charge in [-0.05, 0) is 0 Å². The fourth-order valence-electron chi connectivity index (χ4n) is 1.00. The van der Waals surface area contributed by atoms with Gasteiger partial charge in [0.1, 0.15) is 0 Å². The molecule has 11 heavy (non-hydrogen) atoms. The third kappa shape index (κ3) is 3.32. The van der Waals surface area contributed by atoms with E-state index in [0.717, 1.165) is 0 Å². The summed E-state index contributed by atoms with van der Waals surface area (Å²) in [6.45, 7) is 0.649. The topological polar surface area (TPSA) is 52.0 Å². The summed E-state index contributed by atoms with van der Waals surface area (Å²) >= 11 is -1.06. The Morgan fingerprint density at radius 3 is 2.45 bits per heavy atom. The Morgan fingerprint density at radius 1 is 1.27 bits per heavy atom. The molecule has 3 heteroatoms. The van der Waals surface area contributed by atoms with Crippen LogP contribution in [0, 0.1) is 0 Å². The summed E-state index contributed by atoms with van der Waals surface area (Å²) in [6, 6.07) is 10.5. The summed E-state index contributed by atoms with van der Waals surface area (Å²) in [5.41, 5.74) is 11.2. The molecule has 1 unspecified atom stereocenters. The van der Waals surface area contributed by atoms with Crippen LogP contribution in [-0.2, 0) is 24.6 Å². The molecule has 0 radical (unpaired) electrons. The number of benzene rings is 1. The first-order valence-corrected chi connectivity index (χ1v) is 9.75. The fourth-order valence-corrected chi connectivity index (χ4v) is 6.12. The quantitative estimate of drug-likeness (QED) is 0.741. The van der Waals surface area contributed by atoms with Gasteiger partial charge in [0, 0.05) is 0 Å². The number of hydrogen-bond donors (Lipinski definition) is 2. The summed E-state index contributed by atoms with van der Waals surface area (Å²) in [7, 11) is 0. The van der Waals surface area contributed by atoms with Crippen molar-refractivity contribution in [2.24, 2.45) is 11.5 Å². The second kappa shape index (κ2) is 4.85. The third-order valence-electron chi connectivity index (χ3n) is 1.64. The molecule has 2 nitrogen and oxygen atoms in total. The van der Waals surface area contributed by atoms with Gasteiger partial charge < -0.3 is 0 Å². The van der Waals surface area contributed by atoms with Gasteiger partial charge in [-0.2, -0.15) is 0 Å². The minimum atomic E-state index is -1.06. The van der Waals surface area contributed by atoms with E-state index < -0.39 is 24.6 Å². The Kier molecular flexibility index (Phi) is 4.04. The first-order chi connectivity index (χ1) is 5.33. The summed E-state index contributed by atoms with van der Waals surface area (Å²) in [5, 5.41) is 0. The van der Waals surface area contributed by atoms with Gasteiger partial charge in [-0.15, -0.1) is 0 Å². The van der Waals surface area contributed by atoms with Crippen LogP contribution in [0.3, 0.4) is 0 Å². The number of nitrogens with two attached hydrogens (primary N) is 2. The molecule has 0 aliphatic carbocycles. The third-order valence-corrected chi connectivity index (χ3v) is 8.64. The van der Waals surface area contributed by atoms with Gasteiger partial charge in [0.15, 0.2) is 0 Å². The first kappa shape index (κ1) is 9.17. The van der Waals surface area contributed by atoms with Crippen molar-refractivity contribution < 1.29 is 24.6 Å². The molecule has 0 saturated carbocycles. The van der Waals surface area contributed by atoms with Crippen LogP contribution in [0.4, 0.5) is 0 Å². The summed E-state index contributed by atoms with van der Waals surface area (Å²) in [6.07, 6.45) is 0. The van der Waals surface area contributed by atoms with Crippen LogP contribution < -0.4 is 14.5 Å². The van der Waals surface area contributed by atoms with E-state index in [1.54, 1.807) is 0 Å². The molecule has 0 heterocycles. The average Bonchev–Trinajstić information content (AvgIpc) is 2.06. The normalized spacial score (nSPS) is 12.2. The average molecular weight is 337 g/mol. The van der Waals surface area contributed by atoms with Crippen LogP contribution in [0.1, 0.15) is 0 Å². The molecule has 1 aromatic carbocycles. The molecule has 0 aliphatic rings. The Hall–Kier alpha value is 0.0751. The Labute approximate surface area is 79.4 Å². The predicted octanol–water partition coefficient (Wildman–Crippen LogP) is -0.362. The molecule has 0 fully saturated rings. The van der Waals surface area contributed by atoms with Crippen molar-refractivity contribution >= 4 is 3.07 Å². The molecule has 0 aliphatic heterocycles. The van der Waals surface area contributed by atoms with Crippen molar-refractivity contribution in [2.75, 3.05) is 6.54 Å². The number of rotatable bonds is 3. The molecule has 4 N–H and O–H groups in total. The Morgan fingerprint density at radius 2 is 1.91 bits per heavy atom. The molecule has 0 amide bonds. The van der Waals surface area contributed by atoms with Crippen molar-refractivity contribution in [3.8, 4) is 0 Å². The minimum absolute atomic E-state index is 0.317. The van der Waals surface area contributed by atoms with E-state index >= 15 is 0 Å². The van der Waals surface area contributed by atoms with Gasteiger partial charge in [-0.1, -0.05) is 0 Å². The van der Waals surface area contributed by atoms with E-state index in [-0.39, 0.29) is 0 Å². The van der Waals surface area contributed by atoms with Gasteiger partial charge in [-0.3, -0.25) is 0 Å². The zero-order chi connectivity index (χ0) is 8.10. The van der Waals surface area contributed by atoms with Crippen molar-refractivity contribution in [1.82, 2.24) is 0 Å². The van der Waals surface area contributed by atoms with E-state index in [2.05, 4.69) is 24.3 Å². The summed E-state index contributed by atoms with van der Waals surface area (Å²) in [4.78, 5) is 0. The van der Waals surface area contributed by atoms with Crippen LogP contribution in [0.5, 0.6) is 0 Å². The number of hydrogen-bond acceptors (Lipinski definition) is 2. The van der Waals surface area contributed by atoms with E-state index in [1.807, 2.05) is 6.07 Å². The van der Waals surface area contributed by atoms with Crippen molar-refractivity contribution in [3.63, 3.8) is 0 Å². The molecular weight excluding hydrogens is 325 g/mol. The predicted molar refractivity (Wildman–Crippen MR) is 43.1 cm³/mol. The van der Waals surface area contributed by atoms with Crippen LogP contribution in [0.15, 0.2) is 30.3 Å². The molecule has 1 rings (SSSR count). The Balaban J connectivity index is 2.51. The fraction of sp³-hybridized carbons (Fsp3) is 0.250. The standard InChI is InChI=1S/C6H5.C2H7N2.Hg/c1-2-4-6-5-3-1;3-1-2-4;/h1-5H;1H,2-4H2;. The monoisotopic (exact) mass is 338 g/mol. The van der Waals surface area contributed by atoms with Crippen molar-refractivity contribution in [3.05, 3.63) is 30.3 Å². The van der Waals surface area contributed by atoms with Gasteiger partial charge in [0.05, 0.1) is 0 Å². The first-order valence-electron chi connectivity index (χ1n) is 3.82. The van der Waals surface area contributed by atoms with Gasteiger partial charge in [0.2, 0.25) is 0 Å². The van der Waals surface area contributed by atoms with Crippen molar-refractivity contribution in [2.45, 2.75) is 3.55 Å². The maximum atomic E-state index is 5.78. The second-order valence-electron chi connectivity index (χ2n) is 2.69. The van der Waals surface area contributed by atoms with Gasteiger partial charge in [-0.25, -0.2) is 0 Å². The zero-order valence-corrected chi connectivity index (χ0v) is 12.0. The van der Waals surface area contributed by atoms with Crippen molar-refractivity contribution in [1.29, 1.82) is 0 Å². The Bertz CT molecular complexity index is 201. The second-order valence-corrected chi connectivity index (χ2v) is 11.5. The molecule has 1 aromatic rings. The van der Waals surface area contributed by atoms with E-state index in [4.69, 9.17) is 11.5 Å². The van der Waals surface area contributed by atoms with Crippen LogP contribution in [0.2, 0.25) is 0 Å². The molecule has 0 spiro atoms. The van der Waals surface area contributed by atoms with Crippen LogP contribution >= 0.6 is 0 Å². The van der Waals surface area contributed by atoms with E-state index in [9.17, 15) is 0 Å². The summed E-state index contributed by atoms with van der Waals surface area (Å²) < 4.78 is 1.79. The summed E-state index contributed by atoms with van der Waals surface area (Å²) in [5.74, 6) is 0. The SMILES string of the molecule is NC[CH](N)[Hg][c]1ccccc1. The van der Waals surface area contributed by atoms with Crippen LogP contribution in [0.25, 0.3) is 0 Å². The van der Waals surface area contributed by atoms with E-state index in [1.165, 1.54) is 3.07 Å². The van der Waals surface area contributed by atoms with E-state index in [0.29, 0.717) is 10.1 Å². The zero-order valence-electron chi connectivity index (χ0n) is 6.53. The molecule has 0 aromatic heterocycles. The molecular formula is C8H12HgN2. The molecule has 1 atom stereocenters. The molecule has 56 valence electrons. The molecule has 0 bridgehead atoms. The van der Waals surface area contributed by atoms with Gasteiger partial charge in [0.25, 0.3) is 0 Å². The van der Waals surface area contributed by atoms with Crippen LogP contribution in [-0.4, -0.2) is 10.1 Å².